The number of amides is 1. The summed E-state index contributed by atoms with van der Waals surface area (Å²) in [7, 11) is 0. The molecule has 0 saturated carbocycles. The van der Waals surface area contributed by atoms with Gasteiger partial charge in [-0.3, -0.25) is 9.59 Å². The summed E-state index contributed by atoms with van der Waals surface area (Å²) in [5.41, 5.74) is 4.15. The fourth-order valence-electron chi connectivity index (χ4n) is 3.20. The molecule has 2 N–H and O–H groups in total. The van der Waals surface area contributed by atoms with Gasteiger partial charge in [0.1, 0.15) is 0 Å². The van der Waals surface area contributed by atoms with Gasteiger partial charge in [0, 0.05) is 23.7 Å². The van der Waals surface area contributed by atoms with E-state index in [1.54, 1.807) is 18.2 Å². The molecule has 0 aliphatic carbocycles. The van der Waals surface area contributed by atoms with Gasteiger partial charge in [0.05, 0.1) is 5.52 Å². The van der Waals surface area contributed by atoms with Crippen LogP contribution in [0.1, 0.15) is 23.1 Å². The third kappa shape index (κ3) is 3.38. The van der Waals surface area contributed by atoms with Crippen LogP contribution >= 0.6 is 0 Å². The second-order valence-electron chi connectivity index (χ2n) is 6.71. The lowest BCUT2D eigenvalue weighted by Gasteiger charge is -2.09. The van der Waals surface area contributed by atoms with E-state index in [1.165, 1.54) is 0 Å². The molecule has 1 aromatic heterocycles. The number of aromatic amines is 1. The number of fused-ring (bicyclic) bond motifs is 2. The molecule has 3 aromatic rings. The Labute approximate surface area is 156 Å². The molecule has 1 amide bonds. The fraction of sp³-hybridized carbons (Fsp3) is 0.238. The summed E-state index contributed by atoms with van der Waals surface area (Å²) in [6, 6.07) is 11.1. The third-order valence-corrected chi connectivity index (χ3v) is 4.91. The lowest BCUT2D eigenvalue weighted by Crippen LogP contribution is -2.17. The number of benzene rings is 2. The van der Waals surface area contributed by atoms with E-state index in [-0.39, 0.29) is 24.7 Å². The number of carbonyl (C=O) groups is 1. The highest BCUT2D eigenvalue weighted by molar-refractivity contribution is 5.91. The van der Waals surface area contributed by atoms with Crippen LogP contribution in [0.3, 0.4) is 0 Å². The Kier molecular flexibility index (Phi) is 4.32. The van der Waals surface area contributed by atoms with Gasteiger partial charge in [0.15, 0.2) is 11.5 Å². The smallest absolute Gasteiger partial charge is 0.251 e. The molecular weight excluding hydrogens is 344 g/mol. The standard InChI is InChI=1S/C21H20N2O4/c1-12-3-4-14-9-15(21(25)23-20(14)13(12)2)5-8-19(24)22-16-6-7-17-18(10-16)27-11-26-17/h3-4,6-7,9-10H,5,8,11H2,1-2H3,(H,22,24)(H,23,25). The monoisotopic (exact) mass is 364 g/mol. The maximum atomic E-state index is 12.4. The molecule has 6 heteroatoms. The number of ether oxygens (including phenoxy) is 2. The van der Waals surface area contributed by atoms with Gasteiger partial charge >= 0.3 is 0 Å². The van der Waals surface area contributed by atoms with E-state index in [4.69, 9.17) is 9.47 Å². The van der Waals surface area contributed by atoms with Gasteiger partial charge in [-0.2, -0.15) is 0 Å². The summed E-state index contributed by atoms with van der Waals surface area (Å²) in [5.74, 6) is 1.12. The number of rotatable bonds is 4. The highest BCUT2D eigenvalue weighted by Crippen LogP contribution is 2.34. The van der Waals surface area contributed by atoms with E-state index < -0.39 is 0 Å². The summed E-state index contributed by atoms with van der Waals surface area (Å²) in [6.45, 7) is 4.20. The lowest BCUT2D eigenvalue weighted by atomic mass is 10.0. The Morgan fingerprint density at radius 1 is 1.11 bits per heavy atom. The minimum atomic E-state index is -0.159. The maximum absolute atomic E-state index is 12.4. The van der Waals surface area contributed by atoms with Crippen molar-refractivity contribution in [3.63, 3.8) is 0 Å². The van der Waals surface area contributed by atoms with Crippen LogP contribution in [0.4, 0.5) is 5.69 Å². The average molecular weight is 364 g/mol. The number of carbonyl (C=O) groups excluding carboxylic acids is 1. The Morgan fingerprint density at radius 3 is 2.78 bits per heavy atom. The van der Waals surface area contributed by atoms with Crippen molar-refractivity contribution in [1.29, 1.82) is 0 Å². The van der Waals surface area contributed by atoms with Crippen molar-refractivity contribution in [1.82, 2.24) is 4.98 Å². The summed E-state index contributed by atoms with van der Waals surface area (Å²) in [6.07, 6.45) is 0.586. The van der Waals surface area contributed by atoms with Crippen molar-refractivity contribution in [2.75, 3.05) is 12.1 Å². The van der Waals surface area contributed by atoms with E-state index in [0.717, 1.165) is 22.0 Å². The maximum Gasteiger partial charge on any atom is 0.251 e. The van der Waals surface area contributed by atoms with Crippen LogP contribution in [0, 0.1) is 13.8 Å². The minimum absolute atomic E-state index is 0.146. The van der Waals surface area contributed by atoms with Crippen LogP contribution in [-0.4, -0.2) is 17.7 Å². The average Bonchev–Trinajstić information content (AvgIpc) is 3.11. The molecule has 0 atom stereocenters. The van der Waals surface area contributed by atoms with E-state index in [1.807, 2.05) is 32.0 Å². The Bertz CT molecular complexity index is 1100. The Hall–Kier alpha value is -3.28. The lowest BCUT2D eigenvalue weighted by molar-refractivity contribution is -0.116. The molecule has 0 bridgehead atoms. The van der Waals surface area contributed by atoms with Gasteiger partial charge in [-0.1, -0.05) is 12.1 Å². The number of nitrogens with one attached hydrogen (secondary N) is 2. The molecular formula is C21H20N2O4. The zero-order valence-electron chi connectivity index (χ0n) is 15.2. The first-order valence-electron chi connectivity index (χ1n) is 8.83. The van der Waals surface area contributed by atoms with E-state index in [2.05, 4.69) is 10.3 Å². The second kappa shape index (κ2) is 6.79. The summed E-state index contributed by atoms with van der Waals surface area (Å²) in [5, 5.41) is 3.80. The summed E-state index contributed by atoms with van der Waals surface area (Å²) in [4.78, 5) is 27.6. The van der Waals surface area contributed by atoms with Crippen LogP contribution in [-0.2, 0) is 11.2 Å². The number of hydrogen-bond acceptors (Lipinski definition) is 4. The number of hydrogen-bond donors (Lipinski definition) is 2. The molecule has 2 aromatic carbocycles. The summed E-state index contributed by atoms with van der Waals surface area (Å²) >= 11 is 0. The molecule has 0 spiro atoms. The van der Waals surface area contributed by atoms with Gasteiger partial charge in [-0.25, -0.2) is 0 Å². The van der Waals surface area contributed by atoms with Crippen LogP contribution in [0.5, 0.6) is 11.5 Å². The predicted octanol–water partition coefficient (Wildman–Crippen LogP) is 3.44. The molecule has 2 heterocycles. The Balaban J connectivity index is 1.46. The largest absolute Gasteiger partial charge is 0.454 e. The van der Waals surface area contributed by atoms with Gasteiger partial charge < -0.3 is 19.8 Å². The first-order valence-corrected chi connectivity index (χ1v) is 8.83. The SMILES string of the molecule is Cc1ccc2cc(CCC(=O)Nc3ccc4c(c3)OCO4)c(=O)[nH]c2c1C. The molecule has 1 aliphatic heterocycles. The van der Waals surface area contributed by atoms with Crippen molar-refractivity contribution in [2.24, 2.45) is 0 Å². The topological polar surface area (TPSA) is 80.4 Å². The number of pyridine rings is 1. The minimum Gasteiger partial charge on any atom is -0.454 e. The van der Waals surface area contributed by atoms with Crippen molar-refractivity contribution < 1.29 is 14.3 Å². The molecule has 27 heavy (non-hydrogen) atoms. The molecule has 0 unspecified atom stereocenters. The zero-order chi connectivity index (χ0) is 19.0. The van der Waals surface area contributed by atoms with Crippen LogP contribution < -0.4 is 20.3 Å². The van der Waals surface area contributed by atoms with Gasteiger partial charge in [0.25, 0.3) is 5.56 Å². The fourth-order valence-corrected chi connectivity index (χ4v) is 3.20. The first kappa shape index (κ1) is 17.1. The predicted molar refractivity (Wildman–Crippen MR) is 104 cm³/mol. The van der Waals surface area contributed by atoms with Crippen LogP contribution in [0.25, 0.3) is 10.9 Å². The summed E-state index contributed by atoms with van der Waals surface area (Å²) < 4.78 is 10.6. The molecule has 6 nitrogen and oxygen atoms in total. The number of aromatic nitrogens is 1. The highest BCUT2D eigenvalue weighted by Gasteiger charge is 2.14. The van der Waals surface area contributed by atoms with Crippen LogP contribution in [0.2, 0.25) is 0 Å². The third-order valence-electron chi connectivity index (χ3n) is 4.91. The molecule has 0 fully saturated rings. The zero-order valence-corrected chi connectivity index (χ0v) is 15.2. The van der Waals surface area contributed by atoms with Gasteiger partial charge in [-0.05, 0) is 55.0 Å². The molecule has 138 valence electrons. The highest BCUT2D eigenvalue weighted by atomic mass is 16.7. The van der Waals surface area contributed by atoms with Crippen molar-refractivity contribution in [3.05, 3.63) is 63.4 Å². The second-order valence-corrected chi connectivity index (χ2v) is 6.71. The van der Waals surface area contributed by atoms with Crippen molar-refractivity contribution in [3.8, 4) is 11.5 Å². The number of H-pyrrole nitrogens is 1. The van der Waals surface area contributed by atoms with Crippen molar-refractivity contribution >= 4 is 22.5 Å². The number of anilines is 1. The molecule has 1 aliphatic rings. The molecule has 0 radical (unpaired) electrons. The van der Waals surface area contributed by atoms with E-state index in [9.17, 15) is 9.59 Å². The van der Waals surface area contributed by atoms with Crippen LogP contribution in [0.15, 0.2) is 41.2 Å². The molecule has 0 saturated heterocycles. The van der Waals surface area contributed by atoms with Gasteiger partial charge in [0.2, 0.25) is 12.7 Å². The van der Waals surface area contributed by atoms with E-state index >= 15 is 0 Å². The quantitative estimate of drug-likeness (QED) is 0.743. The first-order chi connectivity index (χ1) is 13.0. The van der Waals surface area contributed by atoms with E-state index in [0.29, 0.717) is 29.2 Å². The van der Waals surface area contributed by atoms with Crippen molar-refractivity contribution in [2.45, 2.75) is 26.7 Å². The normalized spacial score (nSPS) is 12.4. The molecule has 4 rings (SSSR count). The van der Waals surface area contributed by atoms with Gasteiger partial charge in [-0.15, -0.1) is 0 Å². The Morgan fingerprint density at radius 2 is 1.93 bits per heavy atom. The number of aryl methyl sites for hydroxylation is 3.